The van der Waals surface area contributed by atoms with Gasteiger partial charge in [0.05, 0.1) is 0 Å². The summed E-state index contributed by atoms with van der Waals surface area (Å²) in [4.78, 5) is 21.9. The van der Waals surface area contributed by atoms with Crippen LogP contribution in [-0.2, 0) is 0 Å². The summed E-state index contributed by atoms with van der Waals surface area (Å²) in [7, 11) is 0. The minimum Gasteiger partial charge on any atom is -0.492 e. The lowest BCUT2D eigenvalue weighted by atomic mass is 10.3. The van der Waals surface area contributed by atoms with Crippen LogP contribution in [-0.4, -0.2) is 20.1 Å². The average Bonchev–Trinajstić information content (AvgIpc) is 2.25. The van der Waals surface area contributed by atoms with E-state index in [1.165, 1.54) is 0 Å². The molecule has 0 aromatic carbocycles. The van der Waals surface area contributed by atoms with Gasteiger partial charge in [-0.15, -0.1) is 0 Å². The summed E-state index contributed by atoms with van der Waals surface area (Å²) < 4.78 is 0.0175. The van der Waals surface area contributed by atoms with E-state index in [-0.39, 0.29) is 16.2 Å². The third-order valence-corrected chi connectivity index (χ3v) is 2.69. The molecule has 2 N–H and O–H groups in total. The molecule has 0 aliphatic rings. The third kappa shape index (κ3) is 1.96. The lowest BCUT2D eigenvalue weighted by Crippen LogP contribution is -2.10. The highest BCUT2D eigenvalue weighted by Crippen LogP contribution is 2.19. The monoisotopic (exact) mass is 281 g/mol. The fourth-order valence-electron chi connectivity index (χ4n) is 1.24. The molecule has 6 heteroatoms. The number of H-pyrrole nitrogens is 1. The van der Waals surface area contributed by atoms with Crippen molar-refractivity contribution in [1.29, 1.82) is 0 Å². The Bertz CT molecular complexity index is 595. The van der Waals surface area contributed by atoms with Crippen LogP contribution >= 0.6 is 15.9 Å². The fourth-order valence-corrected chi connectivity index (χ4v) is 1.43. The Morgan fingerprint density at radius 3 is 2.75 bits per heavy atom. The highest BCUT2D eigenvalue weighted by Gasteiger charge is 2.09. The Labute approximate surface area is 99.3 Å². The van der Waals surface area contributed by atoms with E-state index in [0.717, 1.165) is 5.69 Å². The van der Waals surface area contributed by atoms with E-state index in [0.29, 0.717) is 5.69 Å². The van der Waals surface area contributed by atoms with E-state index < -0.39 is 5.56 Å². The first-order valence-electron chi connectivity index (χ1n) is 4.51. The summed E-state index contributed by atoms with van der Waals surface area (Å²) in [5.41, 5.74) is 0.883. The van der Waals surface area contributed by atoms with Gasteiger partial charge >= 0.3 is 0 Å². The van der Waals surface area contributed by atoms with E-state index in [1.807, 2.05) is 13.0 Å². The molecule has 0 aliphatic carbocycles. The first-order valence-corrected chi connectivity index (χ1v) is 5.30. The first-order chi connectivity index (χ1) is 7.58. The van der Waals surface area contributed by atoms with Crippen LogP contribution in [0.2, 0.25) is 0 Å². The Balaban J connectivity index is 2.61. The zero-order valence-corrected chi connectivity index (χ0v) is 9.95. The predicted octanol–water partition coefficient (Wildman–Crippen LogP) is 1.61. The smallest absolute Gasteiger partial charge is 0.269 e. The molecule has 0 fully saturated rings. The number of halogens is 1. The molecule has 16 heavy (non-hydrogen) atoms. The molecule has 0 saturated heterocycles. The normalized spacial score (nSPS) is 10.4. The van der Waals surface area contributed by atoms with Gasteiger partial charge in [0.2, 0.25) is 5.88 Å². The Morgan fingerprint density at radius 2 is 2.12 bits per heavy atom. The number of hydrogen-bond donors (Lipinski definition) is 2. The molecule has 0 atom stereocenters. The van der Waals surface area contributed by atoms with Crippen molar-refractivity contribution in [3.63, 3.8) is 0 Å². The van der Waals surface area contributed by atoms with E-state index in [4.69, 9.17) is 0 Å². The van der Waals surface area contributed by atoms with Crippen molar-refractivity contribution in [3.05, 3.63) is 38.7 Å². The molecule has 2 aromatic heterocycles. The number of nitrogens with one attached hydrogen (secondary N) is 1. The minimum absolute atomic E-state index is 0.0175. The second kappa shape index (κ2) is 4.05. The van der Waals surface area contributed by atoms with Gasteiger partial charge in [-0.25, -0.2) is 4.98 Å². The van der Waals surface area contributed by atoms with Crippen molar-refractivity contribution in [2.75, 3.05) is 0 Å². The van der Waals surface area contributed by atoms with Crippen LogP contribution in [0.3, 0.4) is 0 Å². The summed E-state index contributed by atoms with van der Waals surface area (Å²) in [5, 5.41) is 9.41. The van der Waals surface area contributed by atoms with Crippen LogP contribution in [0.15, 0.2) is 27.5 Å². The number of nitrogens with zero attached hydrogens (tertiary/aromatic N) is 2. The van der Waals surface area contributed by atoms with E-state index in [1.54, 1.807) is 12.1 Å². The van der Waals surface area contributed by atoms with Crippen molar-refractivity contribution >= 4 is 15.9 Å². The van der Waals surface area contributed by atoms with E-state index in [9.17, 15) is 9.90 Å². The summed E-state index contributed by atoms with van der Waals surface area (Å²) >= 11 is 2.92. The Kier molecular flexibility index (Phi) is 2.74. The lowest BCUT2D eigenvalue weighted by molar-refractivity contribution is 0.448. The lowest BCUT2D eigenvalue weighted by Gasteiger charge is -2.02. The minimum atomic E-state index is -0.439. The van der Waals surface area contributed by atoms with Crippen LogP contribution in [0.5, 0.6) is 5.88 Å². The van der Waals surface area contributed by atoms with Gasteiger partial charge in [-0.3, -0.25) is 4.79 Å². The van der Waals surface area contributed by atoms with Gasteiger partial charge in [-0.05, 0) is 35.0 Å². The Morgan fingerprint density at radius 1 is 1.38 bits per heavy atom. The van der Waals surface area contributed by atoms with Gasteiger partial charge in [0.25, 0.3) is 5.56 Å². The quantitative estimate of drug-likeness (QED) is 0.832. The average molecular weight is 282 g/mol. The maximum atomic E-state index is 11.4. The van der Waals surface area contributed by atoms with Crippen LogP contribution in [0.4, 0.5) is 0 Å². The molecule has 2 aromatic rings. The van der Waals surface area contributed by atoms with E-state index >= 15 is 0 Å². The van der Waals surface area contributed by atoms with Gasteiger partial charge in [0.1, 0.15) is 10.2 Å². The molecule has 2 rings (SSSR count). The fraction of sp³-hybridized carbons (Fsp3) is 0.100. The van der Waals surface area contributed by atoms with Gasteiger partial charge < -0.3 is 10.1 Å². The van der Waals surface area contributed by atoms with Crippen molar-refractivity contribution in [3.8, 4) is 17.4 Å². The number of aryl methyl sites for hydroxylation is 1. The molecule has 0 saturated carbocycles. The van der Waals surface area contributed by atoms with Crippen molar-refractivity contribution in [1.82, 2.24) is 15.0 Å². The maximum absolute atomic E-state index is 11.4. The number of aromatic nitrogens is 3. The number of rotatable bonds is 1. The highest BCUT2D eigenvalue weighted by molar-refractivity contribution is 9.10. The predicted molar refractivity (Wildman–Crippen MR) is 62.2 cm³/mol. The molecule has 0 unspecified atom stereocenters. The second-order valence-corrected chi connectivity index (χ2v) is 4.01. The molecular formula is C10H8BrN3O2. The molecule has 5 nitrogen and oxygen atoms in total. The first kappa shape index (κ1) is 10.8. The topological polar surface area (TPSA) is 78.9 Å². The van der Waals surface area contributed by atoms with Crippen molar-refractivity contribution in [2.45, 2.75) is 6.92 Å². The molecule has 0 spiro atoms. The molecule has 0 aliphatic heterocycles. The summed E-state index contributed by atoms with van der Waals surface area (Å²) in [5.74, 6) is -0.101. The van der Waals surface area contributed by atoms with Crippen molar-refractivity contribution in [2.24, 2.45) is 0 Å². The number of hydrogen-bond acceptors (Lipinski definition) is 4. The molecule has 0 bridgehead atoms. The van der Waals surface area contributed by atoms with Gasteiger partial charge in [-0.1, -0.05) is 6.07 Å². The van der Waals surface area contributed by atoms with Crippen LogP contribution in [0.1, 0.15) is 5.69 Å². The molecule has 0 amide bonds. The third-order valence-electron chi connectivity index (χ3n) is 1.98. The molecule has 0 radical (unpaired) electrons. The number of aromatic hydroxyl groups is 1. The molecule has 2 heterocycles. The SMILES string of the molecule is Cc1cccc(-c2nc(O)c(Br)c(=O)[nH]2)n1. The second-order valence-electron chi connectivity index (χ2n) is 3.22. The van der Waals surface area contributed by atoms with Gasteiger partial charge in [0, 0.05) is 5.69 Å². The van der Waals surface area contributed by atoms with Crippen molar-refractivity contribution < 1.29 is 5.11 Å². The molecule has 82 valence electrons. The Hall–Kier alpha value is -1.69. The largest absolute Gasteiger partial charge is 0.492 e. The van der Waals surface area contributed by atoms with Crippen LogP contribution in [0.25, 0.3) is 11.5 Å². The van der Waals surface area contributed by atoms with E-state index in [2.05, 4.69) is 30.9 Å². The van der Waals surface area contributed by atoms with Crippen LogP contribution in [0, 0.1) is 6.92 Å². The van der Waals surface area contributed by atoms with Gasteiger partial charge in [-0.2, -0.15) is 4.98 Å². The summed E-state index contributed by atoms with van der Waals surface area (Å²) in [6.45, 7) is 1.83. The van der Waals surface area contributed by atoms with Crippen LogP contribution < -0.4 is 5.56 Å². The molecular weight excluding hydrogens is 274 g/mol. The zero-order chi connectivity index (χ0) is 11.7. The maximum Gasteiger partial charge on any atom is 0.269 e. The number of aromatic amines is 1. The zero-order valence-electron chi connectivity index (χ0n) is 8.36. The summed E-state index contributed by atoms with van der Waals surface area (Å²) in [6, 6.07) is 5.34. The number of pyridine rings is 1. The highest BCUT2D eigenvalue weighted by atomic mass is 79.9. The summed E-state index contributed by atoms with van der Waals surface area (Å²) in [6.07, 6.45) is 0. The standard InChI is InChI=1S/C10H8BrN3O2/c1-5-3-2-4-6(12-5)8-13-9(15)7(11)10(16)14-8/h2-4H,1H3,(H2,13,14,15,16). The van der Waals surface area contributed by atoms with Gasteiger partial charge in [0.15, 0.2) is 5.82 Å².